The predicted octanol–water partition coefficient (Wildman–Crippen LogP) is 3.10. The van der Waals surface area contributed by atoms with Crippen molar-refractivity contribution >= 4 is 21.8 Å². The van der Waals surface area contributed by atoms with Gasteiger partial charge >= 0.3 is 0 Å². The maximum absolute atomic E-state index is 13.7. The van der Waals surface area contributed by atoms with Crippen LogP contribution in [0, 0.1) is 5.82 Å². The summed E-state index contributed by atoms with van der Waals surface area (Å²) in [4.78, 5) is 20.3. The van der Waals surface area contributed by atoms with Crippen LogP contribution in [0.2, 0.25) is 0 Å². The van der Waals surface area contributed by atoms with E-state index in [0.29, 0.717) is 4.47 Å². The summed E-state index contributed by atoms with van der Waals surface area (Å²) in [5, 5.41) is 2.68. The fraction of sp³-hybridized carbons (Fsp3) is 0.0625. The Kier molecular flexibility index (Phi) is 4.47. The van der Waals surface area contributed by atoms with Crippen LogP contribution in [0.3, 0.4) is 0 Å². The van der Waals surface area contributed by atoms with Crippen molar-refractivity contribution in [2.24, 2.45) is 0 Å². The Labute approximate surface area is 140 Å². The summed E-state index contributed by atoms with van der Waals surface area (Å²) in [6.07, 6.45) is 6.77. The molecule has 0 aliphatic rings. The number of nitrogens with one attached hydrogen (secondary N) is 1. The van der Waals surface area contributed by atoms with E-state index < -0.39 is 11.7 Å². The lowest BCUT2D eigenvalue weighted by Gasteiger charge is -2.07. The first-order valence-electron chi connectivity index (χ1n) is 6.80. The van der Waals surface area contributed by atoms with Gasteiger partial charge in [-0.3, -0.25) is 9.36 Å². The number of benzene rings is 1. The summed E-state index contributed by atoms with van der Waals surface area (Å²) >= 11 is 3.22. The van der Waals surface area contributed by atoms with Gasteiger partial charge in [-0.25, -0.2) is 14.4 Å². The van der Waals surface area contributed by atoms with Crippen LogP contribution in [-0.4, -0.2) is 20.4 Å². The van der Waals surface area contributed by atoms with Crippen LogP contribution in [0.4, 0.5) is 4.39 Å². The van der Waals surface area contributed by atoms with Gasteiger partial charge in [-0.2, -0.15) is 0 Å². The first-order chi connectivity index (χ1) is 11.1. The molecule has 3 rings (SSSR count). The highest BCUT2D eigenvalue weighted by molar-refractivity contribution is 9.10. The van der Waals surface area contributed by atoms with Crippen molar-refractivity contribution < 1.29 is 9.18 Å². The Balaban J connectivity index is 1.66. The number of imidazole rings is 1. The van der Waals surface area contributed by atoms with Gasteiger partial charge in [0.05, 0.1) is 5.56 Å². The van der Waals surface area contributed by atoms with Gasteiger partial charge in [-0.15, -0.1) is 0 Å². The van der Waals surface area contributed by atoms with E-state index in [1.54, 1.807) is 35.6 Å². The molecular formula is C16H12BrFN4O. The second-order valence-electron chi connectivity index (χ2n) is 4.80. The van der Waals surface area contributed by atoms with Crippen LogP contribution >= 0.6 is 15.9 Å². The lowest BCUT2D eigenvalue weighted by atomic mass is 10.2. The molecule has 0 unspecified atom stereocenters. The van der Waals surface area contributed by atoms with Crippen molar-refractivity contribution in [2.45, 2.75) is 6.54 Å². The predicted molar refractivity (Wildman–Crippen MR) is 86.6 cm³/mol. The van der Waals surface area contributed by atoms with Crippen molar-refractivity contribution in [3.8, 4) is 5.82 Å². The summed E-state index contributed by atoms with van der Waals surface area (Å²) in [7, 11) is 0. The number of nitrogens with zero attached hydrogens (tertiary/aromatic N) is 3. The molecule has 0 fully saturated rings. The Bertz CT molecular complexity index is 819. The topological polar surface area (TPSA) is 59.8 Å². The van der Waals surface area contributed by atoms with Crippen LogP contribution in [0.25, 0.3) is 5.82 Å². The fourth-order valence-corrected chi connectivity index (χ4v) is 2.38. The molecule has 0 atom stereocenters. The molecule has 1 N–H and O–H groups in total. The monoisotopic (exact) mass is 374 g/mol. The molecular weight excluding hydrogens is 363 g/mol. The van der Waals surface area contributed by atoms with Gasteiger partial charge in [0.25, 0.3) is 5.91 Å². The van der Waals surface area contributed by atoms with E-state index in [1.165, 1.54) is 12.1 Å². The number of carbonyl (C=O) groups is 1. The Hall–Kier alpha value is -2.54. The molecule has 0 spiro atoms. The minimum atomic E-state index is -0.556. The van der Waals surface area contributed by atoms with Gasteiger partial charge in [0.1, 0.15) is 18.0 Å². The van der Waals surface area contributed by atoms with E-state index >= 15 is 0 Å². The largest absolute Gasteiger partial charge is 0.348 e. The summed E-state index contributed by atoms with van der Waals surface area (Å²) in [6.45, 7) is 0.266. The van der Waals surface area contributed by atoms with Gasteiger partial charge in [0.15, 0.2) is 0 Å². The molecule has 7 heteroatoms. The average molecular weight is 375 g/mol. The molecule has 3 aromatic rings. The second-order valence-corrected chi connectivity index (χ2v) is 5.72. The number of pyridine rings is 1. The smallest absolute Gasteiger partial charge is 0.254 e. The highest BCUT2D eigenvalue weighted by Crippen LogP contribution is 2.15. The molecule has 0 aliphatic carbocycles. The fourth-order valence-electron chi connectivity index (χ4n) is 2.02. The minimum absolute atomic E-state index is 0.00219. The maximum Gasteiger partial charge on any atom is 0.254 e. The molecule has 0 saturated carbocycles. The van der Waals surface area contributed by atoms with E-state index in [-0.39, 0.29) is 12.1 Å². The molecule has 1 amide bonds. The molecule has 2 heterocycles. The zero-order valence-corrected chi connectivity index (χ0v) is 13.5. The summed E-state index contributed by atoms with van der Waals surface area (Å²) in [5.74, 6) is -0.294. The van der Waals surface area contributed by atoms with Crippen LogP contribution in [0.1, 0.15) is 15.9 Å². The summed E-state index contributed by atoms with van der Waals surface area (Å²) < 4.78 is 16.1. The maximum atomic E-state index is 13.7. The Morgan fingerprint density at radius 3 is 2.87 bits per heavy atom. The third-order valence-electron chi connectivity index (χ3n) is 3.20. The van der Waals surface area contributed by atoms with E-state index in [2.05, 4.69) is 31.2 Å². The van der Waals surface area contributed by atoms with E-state index in [1.807, 2.05) is 12.1 Å². The number of rotatable bonds is 4. The zero-order valence-electron chi connectivity index (χ0n) is 11.9. The number of halogens is 2. The average Bonchev–Trinajstić information content (AvgIpc) is 3.10. The van der Waals surface area contributed by atoms with Crippen molar-refractivity contribution in [2.75, 3.05) is 0 Å². The molecule has 116 valence electrons. The van der Waals surface area contributed by atoms with Gasteiger partial charge in [0, 0.05) is 29.6 Å². The van der Waals surface area contributed by atoms with E-state index in [4.69, 9.17) is 0 Å². The van der Waals surface area contributed by atoms with Crippen LogP contribution in [0.5, 0.6) is 0 Å². The lowest BCUT2D eigenvalue weighted by Crippen LogP contribution is -2.24. The van der Waals surface area contributed by atoms with Gasteiger partial charge in [-0.05, 0) is 29.8 Å². The van der Waals surface area contributed by atoms with Crippen LogP contribution in [0.15, 0.2) is 59.7 Å². The SMILES string of the molecule is O=C(NCc1ccc(-n2ccnc2)nc1)c1cc(Br)ccc1F. The normalized spacial score (nSPS) is 10.5. The second kappa shape index (κ2) is 6.70. The molecule has 1 aromatic carbocycles. The Morgan fingerprint density at radius 2 is 2.17 bits per heavy atom. The van der Waals surface area contributed by atoms with E-state index in [0.717, 1.165) is 11.4 Å². The number of carbonyl (C=O) groups excluding carboxylic acids is 1. The molecule has 2 aromatic heterocycles. The standard InChI is InChI=1S/C16H12BrFN4O/c17-12-2-3-14(18)13(7-12)16(23)21-9-11-1-4-15(20-8-11)22-6-5-19-10-22/h1-8,10H,9H2,(H,21,23). The first-order valence-corrected chi connectivity index (χ1v) is 7.59. The minimum Gasteiger partial charge on any atom is -0.348 e. The van der Waals surface area contributed by atoms with Crippen LogP contribution < -0.4 is 5.32 Å². The third-order valence-corrected chi connectivity index (χ3v) is 3.70. The highest BCUT2D eigenvalue weighted by Gasteiger charge is 2.11. The summed E-state index contributed by atoms with van der Waals surface area (Å²) in [6, 6.07) is 7.92. The summed E-state index contributed by atoms with van der Waals surface area (Å²) in [5.41, 5.74) is 0.819. The number of aromatic nitrogens is 3. The third kappa shape index (κ3) is 3.62. The quantitative estimate of drug-likeness (QED) is 0.763. The molecule has 0 radical (unpaired) electrons. The van der Waals surface area contributed by atoms with Crippen LogP contribution in [-0.2, 0) is 6.54 Å². The van der Waals surface area contributed by atoms with E-state index in [9.17, 15) is 9.18 Å². The van der Waals surface area contributed by atoms with Gasteiger partial charge in [0.2, 0.25) is 0 Å². The molecule has 23 heavy (non-hydrogen) atoms. The number of hydrogen-bond acceptors (Lipinski definition) is 3. The van der Waals surface area contributed by atoms with Crippen molar-refractivity contribution in [3.63, 3.8) is 0 Å². The molecule has 0 aliphatic heterocycles. The Morgan fingerprint density at radius 1 is 1.30 bits per heavy atom. The highest BCUT2D eigenvalue weighted by atomic mass is 79.9. The first kappa shape index (κ1) is 15.4. The molecule has 5 nitrogen and oxygen atoms in total. The van der Waals surface area contributed by atoms with Crippen molar-refractivity contribution in [1.29, 1.82) is 0 Å². The van der Waals surface area contributed by atoms with Crippen molar-refractivity contribution in [3.05, 3.63) is 76.7 Å². The van der Waals surface area contributed by atoms with Gasteiger partial charge in [-0.1, -0.05) is 22.0 Å². The number of hydrogen-bond donors (Lipinski definition) is 1. The molecule has 0 saturated heterocycles. The van der Waals surface area contributed by atoms with Gasteiger partial charge < -0.3 is 5.32 Å². The molecule has 0 bridgehead atoms. The number of amides is 1. The lowest BCUT2D eigenvalue weighted by molar-refractivity contribution is 0.0947. The van der Waals surface area contributed by atoms with Crippen molar-refractivity contribution in [1.82, 2.24) is 19.9 Å². The zero-order chi connectivity index (χ0) is 16.2.